The minimum Gasteiger partial charge on any atom is -0.342 e. The lowest BCUT2D eigenvalue weighted by atomic mass is 9.75. The predicted molar refractivity (Wildman–Crippen MR) is 96.9 cm³/mol. The molecule has 3 nitrogen and oxygen atoms in total. The van der Waals surface area contributed by atoms with Gasteiger partial charge in [-0.2, -0.15) is 0 Å². The first-order valence-corrected chi connectivity index (χ1v) is 9.72. The fraction of sp³-hybridized carbons (Fsp3) is 0.667. The minimum absolute atomic E-state index is 0.113. The van der Waals surface area contributed by atoms with Crippen LogP contribution in [0.15, 0.2) is 30.3 Å². The highest BCUT2D eigenvalue weighted by atomic mass is 16.2. The zero-order chi connectivity index (χ0) is 16.6. The van der Waals surface area contributed by atoms with Crippen molar-refractivity contribution < 1.29 is 4.79 Å². The van der Waals surface area contributed by atoms with E-state index < -0.39 is 0 Å². The summed E-state index contributed by atoms with van der Waals surface area (Å²) in [7, 11) is 0. The van der Waals surface area contributed by atoms with Crippen molar-refractivity contribution >= 4 is 5.91 Å². The van der Waals surface area contributed by atoms with Crippen molar-refractivity contribution in [3.63, 3.8) is 0 Å². The first-order chi connectivity index (χ1) is 11.6. The van der Waals surface area contributed by atoms with Gasteiger partial charge in [-0.05, 0) is 50.0 Å². The molecule has 0 saturated carbocycles. The molecule has 3 heteroatoms. The van der Waals surface area contributed by atoms with E-state index in [1.165, 1.54) is 37.7 Å². The van der Waals surface area contributed by atoms with Crippen LogP contribution in [0, 0.1) is 5.92 Å². The molecule has 3 unspecified atom stereocenters. The third-order valence-corrected chi connectivity index (χ3v) is 6.55. The highest BCUT2D eigenvalue weighted by Crippen LogP contribution is 2.36. The Morgan fingerprint density at radius 3 is 2.62 bits per heavy atom. The number of rotatable bonds is 3. The van der Waals surface area contributed by atoms with Crippen LogP contribution in [-0.4, -0.2) is 36.0 Å². The van der Waals surface area contributed by atoms with Crippen molar-refractivity contribution in [1.82, 2.24) is 10.2 Å². The van der Waals surface area contributed by atoms with Gasteiger partial charge in [0, 0.05) is 37.0 Å². The Morgan fingerprint density at radius 2 is 1.92 bits per heavy atom. The van der Waals surface area contributed by atoms with E-state index in [0.717, 1.165) is 25.9 Å². The van der Waals surface area contributed by atoms with Gasteiger partial charge in [-0.1, -0.05) is 37.3 Å². The molecule has 24 heavy (non-hydrogen) atoms. The molecule has 1 N–H and O–H groups in total. The van der Waals surface area contributed by atoms with Crippen molar-refractivity contribution in [2.45, 2.75) is 69.4 Å². The number of amides is 1. The van der Waals surface area contributed by atoms with Gasteiger partial charge in [0.1, 0.15) is 0 Å². The number of piperidine rings is 2. The molecule has 1 aromatic rings. The highest BCUT2D eigenvalue weighted by Gasteiger charge is 2.37. The fourth-order valence-corrected chi connectivity index (χ4v) is 5.25. The normalized spacial score (nSPS) is 35.9. The van der Waals surface area contributed by atoms with Crippen molar-refractivity contribution in [3.8, 4) is 0 Å². The quantitative estimate of drug-likeness (QED) is 0.922. The zero-order valence-corrected chi connectivity index (χ0v) is 14.8. The predicted octanol–water partition coefficient (Wildman–Crippen LogP) is 3.49. The van der Waals surface area contributed by atoms with Gasteiger partial charge in [-0.3, -0.25) is 4.79 Å². The molecule has 4 rings (SSSR count). The lowest BCUT2D eigenvalue weighted by Gasteiger charge is -2.41. The Kier molecular flexibility index (Phi) is 4.38. The van der Waals surface area contributed by atoms with Gasteiger partial charge in [-0.15, -0.1) is 0 Å². The molecule has 3 fully saturated rings. The van der Waals surface area contributed by atoms with Gasteiger partial charge in [0.15, 0.2) is 0 Å². The molecular weight excluding hydrogens is 296 g/mol. The van der Waals surface area contributed by atoms with E-state index in [9.17, 15) is 4.79 Å². The molecular formula is C21H30N2O. The third kappa shape index (κ3) is 3.23. The summed E-state index contributed by atoms with van der Waals surface area (Å²) in [5.74, 6) is 0.990. The van der Waals surface area contributed by atoms with Crippen LogP contribution < -0.4 is 5.32 Å². The molecule has 1 aromatic carbocycles. The van der Waals surface area contributed by atoms with Crippen molar-refractivity contribution in [2.24, 2.45) is 5.92 Å². The maximum atomic E-state index is 12.9. The maximum absolute atomic E-state index is 12.9. The minimum atomic E-state index is 0.113. The van der Waals surface area contributed by atoms with Crippen molar-refractivity contribution in [3.05, 3.63) is 35.9 Å². The zero-order valence-electron chi connectivity index (χ0n) is 14.8. The molecule has 3 aliphatic rings. The average Bonchev–Trinajstić information content (AvgIpc) is 2.94. The summed E-state index contributed by atoms with van der Waals surface area (Å²) in [5.41, 5.74) is 1.49. The molecule has 0 radical (unpaired) electrons. The number of fused-ring (bicyclic) bond motifs is 2. The standard InChI is InChI=1S/C21H30N2O/c1-21(17-6-3-2-4-7-17)10-5-11-23(15-21)20(24)14-16-12-18-8-9-19(13-16)22-18/h2-4,6-7,16,18-19,22H,5,8-15H2,1H3. The van der Waals surface area contributed by atoms with E-state index in [-0.39, 0.29) is 5.41 Å². The molecule has 0 spiro atoms. The summed E-state index contributed by atoms with van der Waals surface area (Å²) in [5, 5.41) is 3.68. The van der Waals surface area contributed by atoms with E-state index in [1.54, 1.807) is 0 Å². The van der Waals surface area contributed by atoms with E-state index in [4.69, 9.17) is 0 Å². The van der Waals surface area contributed by atoms with Crippen LogP contribution >= 0.6 is 0 Å². The number of nitrogens with one attached hydrogen (secondary N) is 1. The number of hydrogen-bond acceptors (Lipinski definition) is 2. The lowest BCUT2D eigenvalue weighted by Crippen LogP contribution is -2.48. The molecule has 3 heterocycles. The Hall–Kier alpha value is -1.35. The third-order valence-electron chi connectivity index (χ3n) is 6.55. The van der Waals surface area contributed by atoms with Crippen LogP contribution in [-0.2, 0) is 10.2 Å². The number of carbonyl (C=O) groups excluding carboxylic acids is 1. The van der Waals surface area contributed by atoms with Crippen LogP contribution in [0.1, 0.15) is 57.4 Å². The van der Waals surface area contributed by atoms with Crippen LogP contribution in [0.3, 0.4) is 0 Å². The number of carbonyl (C=O) groups is 1. The largest absolute Gasteiger partial charge is 0.342 e. The second-order valence-corrected chi connectivity index (χ2v) is 8.52. The average molecular weight is 326 g/mol. The van der Waals surface area contributed by atoms with Gasteiger partial charge < -0.3 is 10.2 Å². The Bertz CT molecular complexity index is 575. The van der Waals surface area contributed by atoms with E-state index in [2.05, 4.69) is 47.5 Å². The SMILES string of the molecule is CC1(c2ccccc2)CCCN(C(=O)CC2CC3CCC(C2)N3)C1. The smallest absolute Gasteiger partial charge is 0.222 e. The van der Waals surface area contributed by atoms with Crippen molar-refractivity contribution in [2.75, 3.05) is 13.1 Å². The van der Waals surface area contributed by atoms with Gasteiger partial charge in [0.05, 0.1) is 0 Å². The van der Waals surface area contributed by atoms with E-state index >= 15 is 0 Å². The Labute approximate surface area is 145 Å². The second kappa shape index (κ2) is 6.51. The maximum Gasteiger partial charge on any atom is 0.222 e. The second-order valence-electron chi connectivity index (χ2n) is 8.52. The van der Waals surface area contributed by atoms with Crippen LogP contribution in [0.2, 0.25) is 0 Å². The molecule has 3 aliphatic heterocycles. The first-order valence-electron chi connectivity index (χ1n) is 9.72. The van der Waals surface area contributed by atoms with E-state index in [0.29, 0.717) is 23.9 Å². The first kappa shape index (κ1) is 16.1. The van der Waals surface area contributed by atoms with Gasteiger partial charge >= 0.3 is 0 Å². The highest BCUT2D eigenvalue weighted by molar-refractivity contribution is 5.76. The molecule has 0 aromatic heterocycles. The van der Waals surface area contributed by atoms with E-state index in [1.807, 2.05) is 0 Å². The summed E-state index contributed by atoms with van der Waals surface area (Å²) >= 11 is 0. The Morgan fingerprint density at radius 1 is 1.21 bits per heavy atom. The molecule has 0 aliphatic carbocycles. The summed E-state index contributed by atoms with van der Waals surface area (Å²) in [4.78, 5) is 15.1. The summed E-state index contributed by atoms with van der Waals surface area (Å²) in [6, 6.07) is 12.1. The number of benzene rings is 1. The summed E-state index contributed by atoms with van der Waals surface area (Å²) in [6.07, 6.45) is 8.08. The van der Waals surface area contributed by atoms with Crippen LogP contribution in [0.4, 0.5) is 0 Å². The monoisotopic (exact) mass is 326 g/mol. The van der Waals surface area contributed by atoms with Gasteiger partial charge in [0.25, 0.3) is 0 Å². The number of likely N-dealkylation sites (tertiary alicyclic amines) is 1. The Balaban J connectivity index is 1.39. The van der Waals surface area contributed by atoms with Gasteiger partial charge in [-0.25, -0.2) is 0 Å². The van der Waals surface area contributed by atoms with Crippen molar-refractivity contribution in [1.29, 1.82) is 0 Å². The van der Waals surface area contributed by atoms with Crippen LogP contribution in [0.25, 0.3) is 0 Å². The lowest BCUT2D eigenvalue weighted by molar-refractivity contribution is -0.134. The van der Waals surface area contributed by atoms with Gasteiger partial charge in [0.2, 0.25) is 5.91 Å². The summed E-state index contributed by atoms with van der Waals surface area (Å²) in [6.45, 7) is 4.15. The number of nitrogens with zero attached hydrogens (tertiary/aromatic N) is 1. The molecule has 3 atom stereocenters. The molecule has 3 saturated heterocycles. The molecule has 130 valence electrons. The topological polar surface area (TPSA) is 32.3 Å². The van der Waals surface area contributed by atoms with Crippen LogP contribution in [0.5, 0.6) is 0 Å². The molecule has 2 bridgehead atoms. The summed E-state index contributed by atoms with van der Waals surface area (Å²) < 4.78 is 0. The number of hydrogen-bond donors (Lipinski definition) is 1. The molecule has 1 amide bonds. The fourth-order valence-electron chi connectivity index (χ4n) is 5.25.